The molecule has 0 aliphatic carbocycles. The second-order valence-corrected chi connectivity index (χ2v) is 6.94. The summed E-state index contributed by atoms with van der Waals surface area (Å²) in [6.07, 6.45) is 3.37. The van der Waals surface area contributed by atoms with Crippen LogP contribution in [0.3, 0.4) is 0 Å². The molecule has 4 nitrogen and oxygen atoms in total. The van der Waals surface area contributed by atoms with Gasteiger partial charge in [-0.05, 0) is 6.42 Å². The van der Waals surface area contributed by atoms with Crippen LogP contribution in [-0.2, 0) is 14.6 Å². The highest BCUT2D eigenvalue weighted by atomic mass is 35.5. The molecule has 1 rings (SSSR count). The zero-order valence-corrected chi connectivity index (χ0v) is 11.0. The highest BCUT2D eigenvalue weighted by molar-refractivity contribution is 7.91. The molecule has 2 atom stereocenters. The van der Waals surface area contributed by atoms with Crippen molar-refractivity contribution in [1.29, 1.82) is 0 Å². The van der Waals surface area contributed by atoms with Gasteiger partial charge in [-0.25, -0.2) is 8.42 Å². The van der Waals surface area contributed by atoms with E-state index in [1.54, 1.807) is 0 Å². The van der Waals surface area contributed by atoms with Crippen LogP contribution in [0.5, 0.6) is 0 Å². The van der Waals surface area contributed by atoms with E-state index in [-0.39, 0.29) is 17.4 Å². The maximum atomic E-state index is 11.5. The fourth-order valence-electron chi connectivity index (χ4n) is 1.75. The van der Waals surface area contributed by atoms with E-state index in [0.29, 0.717) is 6.42 Å². The van der Waals surface area contributed by atoms with Gasteiger partial charge in [0, 0.05) is 6.42 Å². The molecule has 0 saturated carbocycles. The first-order chi connectivity index (χ1) is 7.44. The summed E-state index contributed by atoms with van der Waals surface area (Å²) < 4.78 is 22.5. The topological polar surface area (TPSA) is 63.2 Å². The lowest BCUT2D eigenvalue weighted by Gasteiger charge is -2.13. The molecule has 1 saturated heterocycles. The van der Waals surface area contributed by atoms with Crippen LogP contribution < -0.4 is 5.32 Å². The Balaban J connectivity index is 2.35. The van der Waals surface area contributed by atoms with E-state index in [1.807, 2.05) is 0 Å². The summed E-state index contributed by atoms with van der Waals surface area (Å²) in [6, 6.07) is -0.416. The van der Waals surface area contributed by atoms with E-state index in [0.717, 1.165) is 19.3 Å². The van der Waals surface area contributed by atoms with Gasteiger partial charge in [-0.2, -0.15) is 0 Å². The summed E-state index contributed by atoms with van der Waals surface area (Å²) in [6.45, 7) is 2.07. The molecule has 0 bridgehead atoms. The number of unbranched alkanes of at least 4 members (excludes halogenated alkanes) is 2. The summed E-state index contributed by atoms with van der Waals surface area (Å²) in [4.78, 5) is 11.5. The summed E-state index contributed by atoms with van der Waals surface area (Å²) >= 11 is 5.87. The van der Waals surface area contributed by atoms with Gasteiger partial charge in [-0.3, -0.25) is 4.79 Å². The Morgan fingerprint density at radius 2 is 2.06 bits per heavy atom. The van der Waals surface area contributed by atoms with Gasteiger partial charge in [0.1, 0.15) is 0 Å². The Bertz CT molecular complexity index is 342. The zero-order chi connectivity index (χ0) is 12.2. The Hall–Kier alpha value is -0.290. The van der Waals surface area contributed by atoms with Gasteiger partial charge < -0.3 is 5.32 Å². The second kappa shape index (κ2) is 5.87. The Morgan fingerprint density at radius 1 is 1.38 bits per heavy atom. The van der Waals surface area contributed by atoms with Crippen molar-refractivity contribution < 1.29 is 13.2 Å². The molecule has 1 aliphatic heterocycles. The lowest BCUT2D eigenvalue weighted by Crippen LogP contribution is -2.40. The fraction of sp³-hybridized carbons (Fsp3) is 0.900. The number of rotatable bonds is 5. The first-order valence-corrected chi connectivity index (χ1v) is 7.84. The molecular formula is C10H18ClNO3S. The molecule has 0 radical (unpaired) electrons. The smallest absolute Gasteiger partial charge is 0.220 e. The molecule has 94 valence electrons. The lowest BCUT2D eigenvalue weighted by atomic mass is 10.2. The van der Waals surface area contributed by atoms with Crippen molar-refractivity contribution in [3.8, 4) is 0 Å². The van der Waals surface area contributed by atoms with Gasteiger partial charge in [-0.15, -0.1) is 11.6 Å². The van der Waals surface area contributed by atoms with E-state index in [2.05, 4.69) is 12.2 Å². The monoisotopic (exact) mass is 267 g/mol. The molecule has 1 N–H and O–H groups in total. The minimum absolute atomic E-state index is 0.0271. The average Bonchev–Trinajstić information content (AvgIpc) is 2.40. The van der Waals surface area contributed by atoms with Gasteiger partial charge in [-0.1, -0.05) is 19.8 Å². The number of nitrogens with one attached hydrogen (secondary N) is 1. The molecule has 1 fully saturated rings. The van der Waals surface area contributed by atoms with Crippen molar-refractivity contribution in [2.75, 3.05) is 11.5 Å². The Morgan fingerprint density at radius 3 is 2.56 bits per heavy atom. The molecule has 0 unspecified atom stereocenters. The lowest BCUT2D eigenvalue weighted by molar-refractivity contribution is -0.121. The largest absolute Gasteiger partial charge is 0.351 e. The van der Waals surface area contributed by atoms with Crippen LogP contribution in [0.1, 0.15) is 32.6 Å². The van der Waals surface area contributed by atoms with Crippen molar-refractivity contribution in [3.05, 3.63) is 0 Å². The van der Waals surface area contributed by atoms with Crippen molar-refractivity contribution in [2.45, 2.75) is 44.0 Å². The summed E-state index contributed by atoms with van der Waals surface area (Å²) in [5.41, 5.74) is 0. The van der Waals surface area contributed by atoms with Crippen LogP contribution in [-0.4, -0.2) is 37.2 Å². The van der Waals surface area contributed by atoms with Gasteiger partial charge in [0.05, 0.1) is 22.9 Å². The van der Waals surface area contributed by atoms with E-state index in [9.17, 15) is 13.2 Å². The summed E-state index contributed by atoms with van der Waals surface area (Å²) in [7, 11) is -3.06. The number of halogens is 1. The maximum absolute atomic E-state index is 11.5. The number of amides is 1. The van der Waals surface area contributed by atoms with E-state index in [1.165, 1.54) is 0 Å². The zero-order valence-electron chi connectivity index (χ0n) is 9.41. The molecule has 1 amide bonds. The second-order valence-electron chi connectivity index (χ2n) is 4.22. The standard InChI is InChI=1S/C10H18ClNO3S/c1-2-3-4-5-10(13)12-9-7-16(14,15)6-8(9)11/h8-9H,2-7H2,1H3,(H,12,13)/t8-,9-/m1/s1. The van der Waals surface area contributed by atoms with Crippen molar-refractivity contribution in [1.82, 2.24) is 5.32 Å². The molecule has 1 heterocycles. The fourth-order valence-corrected chi connectivity index (χ4v) is 4.30. The highest BCUT2D eigenvalue weighted by Crippen LogP contribution is 2.18. The van der Waals surface area contributed by atoms with E-state index < -0.39 is 21.3 Å². The third kappa shape index (κ3) is 4.29. The molecular weight excluding hydrogens is 250 g/mol. The summed E-state index contributed by atoms with van der Waals surface area (Å²) in [5.74, 6) is -0.156. The quantitative estimate of drug-likeness (QED) is 0.599. The van der Waals surface area contributed by atoms with Crippen LogP contribution in [0.15, 0.2) is 0 Å². The number of sulfone groups is 1. The van der Waals surface area contributed by atoms with Crippen LogP contribution in [0.4, 0.5) is 0 Å². The SMILES string of the molecule is CCCCCC(=O)N[C@@H]1CS(=O)(=O)C[C@H]1Cl. The Kier molecular flexibility index (Phi) is 5.05. The minimum Gasteiger partial charge on any atom is -0.351 e. The first-order valence-electron chi connectivity index (χ1n) is 5.58. The van der Waals surface area contributed by atoms with Crippen LogP contribution in [0, 0.1) is 0 Å². The number of alkyl halides is 1. The average molecular weight is 268 g/mol. The van der Waals surface area contributed by atoms with Gasteiger partial charge >= 0.3 is 0 Å². The van der Waals surface area contributed by atoms with Gasteiger partial charge in [0.15, 0.2) is 9.84 Å². The minimum atomic E-state index is -3.06. The third-order valence-electron chi connectivity index (χ3n) is 2.64. The first kappa shape index (κ1) is 13.8. The van der Waals surface area contributed by atoms with E-state index >= 15 is 0 Å². The molecule has 6 heteroatoms. The van der Waals surface area contributed by atoms with Crippen molar-refractivity contribution in [3.63, 3.8) is 0 Å². The molecule has 1 aliphatic rings. The van der Waals surface area contributed by atoms with E-state index in [4.69, 9.17) is 11.6 Å². The predicted octanol–water partition coefficient (Wildman–Crippen LogP) is 1.09. The number of hydrogen-bond acceptors (Lipinski definition) is 3. The third-order valence-corrected chi connectivity index (χ3v) is 5.01. The van der Waals surface area contributed by atoms with Gasteiger partial charge in [0.25, 0.3) is 0 Å². The predicted molar refractivity (Wildman–Crippen MR) is 64.4 cm³/mol. The normalized spacial score (nSPS) is 27.9. The number of carbonyl (C=O) groups excluding carboxylic acids is 1. The molecule has 16 heavy (non-hydrogen) atoms. The van der Waals surface area contributed by atoms with Crippen LogP contribution >= 0.6 is 11.6 Å². The number of carbonyl (C=O) groups is 1. The number of hydrogen-bond donors (Lipinski definition) is 1. The van der Waals surface area contributed by atoms with Crippen LogP contribution in [0.2, 0.25) is 0 Å². The Labute approximate surface area is 102 Å². The van der Waals surface area contributed by atoms with Gasteiger partial charge in [0.2, 0.25) is 5.91 Å². The molecule has 0 aromatic heterocycles. The molecule has 0 aromatic carbocycles. The maximum Gasteiger partial charge on any atom is 0.220 e. The molecule has 0 aromatic rings. The summed E-state index contributed by atoms with van der Waals surface area (Å²) in [5, 5.41) is 2.21. The highest BCUT2D eigenvalue weighted by Gasteiger charge is 2.37. The molecule has 0 spiro atoms. The van der Waals surface area contributed by atoms with Crippen LogP contribution in [0.25, 0.3) is 0 Å². The van der Waals surface area contributed by atoms with Crippen molar-refractivity contribution in [2.24, 2.45) is 0 Å². The van der Waals surface area contributed by atoms with Crippen molar-refractivity contribution >= 4 is 27.3 Å².